The summed E-state index contributed by atoms with van der Waals surface area (Å²) >= 11 is 0. The Balaban J connectivity index is 3.67. The first-order valence-electron chi connectivity index (χ1n) is 5.16. The van der Waals surface area contributed by atoms with Gasteiger partial charge in [0.15, 0.2) is 0 Å². The first-order valence-corrected chi connectivity index (χ1v) is 5.16. The van der Waals surface area contributed by atoms with Gasteiger partial charge in [-0.3, -0.25) is 9.59 Å². The lowest BCUT2D eigenvalue weighted by atomic mass is 10.2. The number of aliphatic hydroxyl groups is 1. The average Bonchev–Trinajstić information content (AvgIpc) is 2.21. The molecule has 0 rings (SSSR count). The predicted molar refractivity (Wildman–Crippen MR) is 57.2 cm³/mol. The minimum absolute atomic E-state index is 0.0307. The quantitative estimate of drug-likeness (QED) is 0.643. The molecule has 1 atom stereocenters. The Morgan fingerprint density at radius 1 is 1.47 bits per heavy atom. The molecule has 0 saturated carbocycles. The summed E-state index contributed by atoms with van der Waals surface area (Å²) in [6, 6.07) is 0. The van der Waals surface area contributed by atoms with Crippen LogP contribution in [0, 0.1) is 0 Å². The fourth-order valence-electron chi connectivity index (χ4n) is 0.914. The van der Waals surface area contributed by atoms with E-state index in [0.717, 1.165) is 0 Å². The van der Waals surface area contributed by atoms with Crippen LogP contribution in [-0.4, -0.2) is 48.1 Å². The van der Waals surface area contributed by atoms with Gasteiger partial charge in [-0.2, -0.15) is 0 Å². The molecule has 0 heterocycles. The first-order chi connectivity index (χ1) is 6.97. The summed E-state index contributed by atoms with van der Waals surface area (Å²) in [5.74, 6) is -0.309. The van der Waals surface area contributed by atoms with E-state index in [1.807, 2.05) is 6.92 Å². The lowest BCUT2D eigenvalue weighted by Gasteiger charge is -2.14. The Kier molecular flexibility index (Phi) is 6.70. The molecule has 0 aliphatic heterocycles. The second-order valence-corrected chi connectivity index (χ2v) is 3.57. The van der Waals surface area contributed by atoms with Gasteiger partial charge in [-0.05, 0) is 20.3 Å². The van der Waals surface area contributed by atoms with Crippen LogP contribution in [0.5, 0.6) is 0 Å². The van der Waals surface area contributed by atoms with E-state index in [9.17, 15) is 9.59 Å². The normalized spacial score (nSPS) is 12.0. The molecule has 0 aliphatic carbocycles. The molecular formula is C10H20N2O3. The van der Waals surface area contributed by atoms with Gasteiger partial charge < -0.3 is 15.3 Å². The van der Waals surface area contributed by atoms with Gasteiger partial charge in [0, 0.05) is 20.0 Å². The van der Waals surface area contributed by atoms with E-state index >= 15 is 0 Å². The highest BCUT2D eigenvalue weighted by molar-refractivity contribution is 5.84. The minimum Gasteiger partial charge on any atom is -0.393 e. The van der Waals surface area contributed by atoms with Gasteiger partial charge in [0.05, 0.1) is 12.6 Å². The molecule has 2 amide bonds. The summed E-state index contributed by atoms with van der Waals surface area (Å²) < 4.78 is 0. The van der Waals surface area contributed by atoms with Crippen LogP contribution in [0.25, 0.3) is 0 Å². The molecule has 88 valence electrons. The van der Waals surface area contributed by atoms with E-state index in [0.29, 0.717) is 13.0 Å². The van der Waals surface area contributed by atoms with E-state index in [1.165, 1.54) is 4.90 Å². The minimum atomic E-state index is -0.482. The zero-order valence-electron chi connectivity index (χ0n) is 9.62. The zero-order chi connectivity index (χ0) is 11.8. The fourth-order valence-corrected chi connectivity index (χ4v) is 0.914. The van der Waals surface area contributed by atoms with Gasteiger partial charge >= 0.3 is 0 Å². The molecule has 0 fully saturated rings. The molecule has 0 aromatic heterocycles. The monoisotopic (exact) mass is 216 g/mol. The van der Waals surface area contributed by atoms with Gasteiger partial charge in [-0.1, -0.05) is 0 Å². The summed E-state index contributed by atoms with van der Waals surface area (Å²) in [5.41, 5.74) is 0. The van der Waals surface area contributed by atoms with E-state index < -0.39 is 6.10 Å². The molecule has 5 heteroatoms. The molecule has 5 nitrogen and oxygen atoms in total. The summed E-state index contributed by atoms with van der Waals surface area (Å²) in [4.78, 5) is 24.0. The Labute approximate surface area is 90.5 Å². The molecule has 0 radical (unpaired) electrons. The number of carbonyl (C=O) groups is 2. The number of carbonyl (C=O) groups excluding carboxylic acids is 2. The van der Waals surface area contributed by atoms with Crippen molar-refractivity contribution in [1.29, 1.82) is 0 Å². The largest absolute Gasteiger partial charge is 0.393 e. The maximum atomic E-state index is 11.3. The fraction of sp³-hybridized carbons (Fsp3) is 0.800. The van der Waals surface area contributed by atoms with Gasteiger partial charge in [0.2, 0.25) is 11.8 Å². The lowest BCUT2D eigenvalue weighted by molar-refractivity contribution is -0.131. The Hall–Kier alpha value is -1.10. The van der Waals surface area contributed by atoms with Crippen molar-refractivity contribution in [3.63, 3.8) is 0 Å². The molecule has 2 N–H and O–H groups in total. The van der Waals surface area contributed by atoms with Crippen molar-refractivity contribution < 1.29 is 14.7 Å². The van der Waals surface area contributed by atoms with Crippen molar-refractivity contribution in [2.75, 3.05) is 20.1 Å². The molecule has 0 saturated heterocycles. The van der Waals surface area contributed by atoms with Crippen LogP contribution in [-0.2, 0) is 9.59 Å². The SMILES string of the molecule is CCN(C)C(=O)CNC(=O)CCC(C)O. The number of nitrogens with one attached hydrogen (secondary N) is 1. The Bertz CT molecular complexity index is 217. The third-order valence-corrected chi connectivity index (χ3v) is 2.13. The van der Waals surface area contributed by atoms with E-state index in [2.05, 4.69) is 5.32 Å². The van der Waals surface area contributed by atoms with Crippen LogP contribution in [0.4, 0.5) is 0 Å². The van der Waals surface area contributed by atoms with Gasteiger partial charge in [-0.25, -0.2) is 0 Å². The third-order valence-electron chi connectivity index (χ3n) is 2.13. The standard InChI is InChI=1S/C10H20N2O3/c1-4-12(3)10(15)7-11-9(14)6-5-8(2)13/h8,13H,4-7H2,1-3H3,(H,11,14). The van der Waals surface area contributed by atoms with Crippen molar-refractivity contribution in [3.05, 3.63) is 0 Å². The second kappa shape index (κ2) is 7.23. The number of aliphatic hydroxyl groups excluding tert-OH is 1. The highest BCUT2D eigenvalue weighted by atomic mass is 16.3. The summed E-state index contributed by atoms with van der Waals surface area (Å²) in [6.45, 7) is 4.15. The Morgan fingerprint density at radius 2 is 2.07 bits per heavy atom. The van der Waals surface area contributed by atoms with Crippen molar-refractivity contribution in [2.24, 2.45) is 0 Å². The van der Waals surface area contributed by atoms with Crippen LogP contribution in [0.2, 0.25) is 0 Å². The van der Waals surface area contributed by atoms with Crippen LogP contribution in [0.15, 0.2) is 0 Å². The smallest absolute Gasteiger partial charge is 0.241 e. The molecule has 15 heavy (non-hydrogen) atoms. The van der Waals surface area contributed by atoms with E-state index in [4.69, 9.17) is 5.11 Å². The summed E-state index contributed by atoms with van der Waals surface area (Å²) in [7, 11) is 1.68. The van der Waals surface area contributed by atoms with Crippen molar-refractivity contribution in [3.8, 4) is 0 Å². The lowest BCUT2D eigenvalue weighted by Crippen LogP contribution is -2.38. The first kappa shape index (κ1) is 13.9. The topological polar surface area (TPSA) is 69.6 Å². The van der Waals surface area contributed by atoms with Crippen molar-refractivity contribution in [1.82, 2.24) is 10.2 Å². The van der Waals surface area contributed by atoms with Gasteiger partial charge in [-0.15, -0.1) is 0 Å². The summed E-state index contributed by atoms with van der Waals surface area (Å²) in [5, 5.41) is 11.5. The van der Waals surface area contributed by atoms with Crippen LogP contribution >= 0.6 is 0 Å². The second-order valence-electron chi connectivity index (χ2n) is 3.57. The van der Waals surface area contributed by atoms with Crippen LogP contribution < -0.4 is 5.32 Å². The molecule has 1 unspecified atom stereocenters. The molecule has 0 bridgehead atoms. The molecule has 0 aromatic carbocycles. The number of amides is 2. The highest BCUT2D eigenvalue weighted by Crippen LogP contribution is 1.94. The maximum Gasteiger partial charge on any atom is 0.241 e. The number of rotatable bonds is 6. The predicted octanol–water partition coefficient (Wildman–Crippen LogP) is -0.258. The number of hydrogen-bond donors (Lipinski definition) is 2. The van der Waals surface area contributed by atoms with E-state index in [1.54, 1.807) is 14.0 Å². The van der Waals surface area contributed by atoms with Crippen LogP contribution in [0.1, 0.15) is 26.7 Å². The molecular weight excluding hydrogens is 196 g/mol. The number of nitrogens with zero attached hydrogens (tertiary/aromatic N) is 1. The molecule has 0 aliphatic rings. The van der Waals surface area contributed by atoms with E-state index in [-0.39, 0.29) is 24.8 Å². The third kappa shape index (κ3) is 6.90. The number of hydrogen-bond acceptors (Lipinski definition) is 3. The Morgan fingerprint density at radius 3 is 2.53 bits per heavy atom. The van der Waals surface area contributed by atoms with Gasteiger partial charge in [0.25, 0.3) is 0 Å². The van der Waals surface area contributed by atoms with Crippen molar-refractivity contribution >= 4 is 11.8 Å². The number of likely N-dealkylation sites (N-methyl/N-ethyl adjacent to an activating group) is 1. The summed E-state index contributed by atoms with van der Waals surface area (Å²) in [6.07, 6.45) is 0.189. The van der Waals surface area contributed by atoms with Crippen molar-refractivity contribution in [2.45, 2.75) is 32.8 Å². The average molecular weight is 216 g/mol. The maximum absolute atomic E-state index is 11.3. The van der Waals surface area contributed by atoms with Crippen LogP contribution in [0.3, 0.4) is 0 Å². The molecule has 0 spiro atoms. The molecule has 0 aromatic rings. The zero-order valence-corrected chi connectivity index (χ0v) is 9.62. The van der Waals surface area contributed by atoms with Gasteiger partial charge in [0.1, 0.15) is 0 Å². The highest BCUT2D eigenvalue weighted by Gasteiger charge is 2.09.